The van der Waals surface area contributed by atoms with Crippen LogP contribution < -0.4 is 0 Å². The Kier molecular flexibility index (Phi) is 3.57. The molecular formula is C8H12N2O. The third-order valence-electron chi connectivity index (χ3n) is 1.60. The van der Waals surface area contributed by atoms with Crippen molar-refractivity contribution in [3.8, 4) is 12.1 Å². The summed E-state index contributed by atoms with van der Waals surface area (Å²) in [7, 11) is 0. The second-order valence-electron chi connectivity index (χ2n) is 3.06. The van der Waals surface area contributed by atoms with Gasteiger partial charge in [-0.25, -0.2) is 0 Å². The molecule has 0 heterocycles. The average molecular weight is 152 g/mol. The van der Waals surface area contributed by atoms with E-state index >= 15 is 0 Å². The van der Waals surface area contributed by atoms with Crippen molar-refractivity contribution in [3.05, 3.63) is 0 Å². The van der Waals surface area contributed by atoms with Gasteiger partial charge in [-0.1, -0.05) is 0 Å². The highest BCUT2D eigenvalue weighted by atomic mass is 16.3. The minimum atomic E-state index is -0.755. The third kappa shape index (κ3) is 3.02. The van der Waals surface area contributed by atoms with Gasteiger partial charge in [0.05, 0.1) is 24.2 Å². The second-order valence-corrected chi connectivity index (χ2v) is 3.06. The summed E-state index contributed by atoms with van der Waals surface area (Å²) in [4.78, 5) is 0. The molecule has 0 radical (unpaired) electrons. The maximum atomic E-state index is 8.80. The fraction of sp³-hybridized carbons (Fsp3) is 0.750. The van der Waals surface area contributed by atoms with E-state index < -0.39 is 5.41 Å². The Balaban J connectivity index is 4.13. The molecule has 60 valence electrons. The van der Waals surface area contributed by atoms with Crippen molar-refractivity contribution < 1.29 is 5.11 Å². The number of hydrogen-bond donors (Lipinski definition) is 1. The van der Waals surface area contributed by atoms with E-state index in [0.717, 1.165) is 0 Å². The molecule has 3 heteroatoms. The molecule has 0 spiro atoms. The lowest BCUT2D eigenvalue weighted by molar-refractivity contribution is 0.172. The van der Waals surface area contributed by atoms with Gasteiger partial charge in [0.2, 0.25) is 0 Å². The van der Waals surface area contributed by atoms with Crippen LogP contribution >= 0.6 is 0 Å². The first-order valence-corrected chi connectivity index (χ1v) is 3.49. The second kappa shape index (κ2) is 3.95. The van der Waals surface area contributed by atoms with E-state index in [0.29, 0.717) is 6.42 Å². The maximum absolute atomic E-state index is 8.80. The van der Waals surface area contributed by atoms with Gasteiger partial charge in [0.25, 0.3) is 0 Å². The van der Waals surface area contributed by atoms with Crippen molar-refractivity contribution >= 4 is 0 Å². The van der Waals surface area contributed by atoms with E-state index in [4.69, 9.17) is 15.6 Å². The zero-order valence-electron chi connectivity index (χ0n) is 6.83. The molecule has 0 aromatic heterocycles. The predicted molar refractivity (Wildman–Crippen MR) is 40.2 cm³/mol. The van der Waals surface area contributed by atoms with Crippen LogP contribution in [0.1, 0.15) is 20.3 Å². The van der Waals surface area contributed by atoms with Gasteiger partial charge in [0, 0.05) is 5.92 Å². The Bertz CT molecular complexity index is 201. The summed E-state index contributed by atoms with van der Waals surface area (Å²) >= 11 is 0. The van der Waals surface area contributed by atoms with Crippen LogP contribution in [-0.4, -0.2) is 11.7 Å². The van der Waals surface area contributed by atoms with Crippen molar-refractivity contribution in [2.75, 3.05) is 6.61 Å². The van der Waals surface area contributed by atoms with Crippen molar-refractivity contribution in [3.63, 3.8) is 0 Å². The Morgan fingerprint density at radius 2 is 2.09 bits per heavy atom. The highest BCUT2D eigenvalue weighted by Crippen LogP contribution is 2.23. The van der Waals surface area contributed by atoms with Crippen LogP contribution in [-0.2, 0) is 0 Å². The van der Waals surface area contributed by atoms with E-state index in [9.17, 15) is 0 Å². The first-order valence-electron chi connectivity index (χ1n) is 3.49. The molecule has 0 aliphatic carbocycles. The highest BCUT2D eigenvalue weighted by Gasteiger charge is 2.25. The molecule has 0 aromatic carbocycles. The number of aliphatic hydroxyl groups is 1. The van der Waals surface area contributed by atoms with E-state index in [1.165, 1.54) is 0 Å². The normalized spacial score (nSPS) is 17.5. The smallest absolute Gasteiger partial charge is 0.0788 e. The fourth-order valence-electron chi connectivity index (χ4n) is 0.867. The van der Waals surface area contributed by atoms with Crippen LogP contribution in [0.3, 0.4) is 0 Å². The van der Waals surface area contributed by atoms with E-state index in [-0.39, 0.29) is 12.5 Å². The molecule has 0 aliphatic rings. The molecule has 2 atom stereocenters. The average Bonchev–Trinajstić information content (AvgIpc) is 2.04. The summed E-state index contributed by atoms with van der Waals surface area (Å²) in [6.45, 7) is 3.21. The summed E-state index contributed by atoms with van der Waals surface area (Å²) in [5, 5.41) is 25.9. The molecule has 0 aliphatic heterocycles. The largest absolute Gasteiger partial charge is 0.395 e. The fourth-order valence-corrected chi connectivity index (χ4v) is 0.867. The molecule has 0 fully saturated rings. The minimum Gasteiger partial charge on any atom is -0.395 e. The summed E-state index contributed by atoms with van der Waals surface area (Å²) in [6, 6.07) is 4.02. The molecule has 0 amide bonds. The van der Waals surface area contributed by atoms with Crippen LogP contribution in [0.2, 0.25) is 0 Å². The van der Waals surface area contributed by atoms with Crippen molar-refractivity contribution in [1.82, 2.24) is 0 Å². The molecule has 0 saturated carbocycles. The van der Waals surface area contributed by atoms with Gasteiger partial charge in [0.1, 0.15) is 0 Å². The maximum Gasteiger partial charge on any atom is 0.0788 e. The monoisotopic (exact) mass is 152 g/mol. The van der Waals surface area contributed by atoms with Crippen LogP contribution in [0.25, 0.3) is 0 Å². The lowest BCUT2D eigenvalue weighted by Crippen LogP contribution is -2.21. The van der Waals surface area contributed by atoms with E-state index in [1.807, 2.05) is 12.1 Å². The van der Waals surface area contributed by atoms with Gasteiger partial charge in [-0.2, -0.15) is 10.5 Å². The van der Waals surface area contributed by atoms with Crippen LogP contribution in [0.5, 0.6) is 0 Å². The Hall–Kier alpha value is -1.06. The van der Waals surface area contributed by atoms with E-state index in [2.05, 4.69) is 0 Å². The van der Waals surface area contributed by atoms with Gasteiger partial charge in [-0.3, -0.25) is 0 Å². The number of rotatable bonds is 3. The molecular weight excluding hydrogens is 140 g/mol. The van der Waals surface area contributed by atoms with Crippen molar-refractivity contribution in [2.24, 2.45) is 11.3 Å². The topological polar surface area (TPSA) is 67.8 Å². The van der Waals surface area contributed by atoms with Gasteiger partial charge in [-0.15, -0.1) is 0 Å². The molecule has 0 rings (SSSR count). The molecule has 2 unspecified atom stereocenters. The number of aliphatic hydroxyl groups excluding tert-OH is 1. The predicted octanol–water partition coefficient (Wildman–Crippen LogP) is 1.06. The number of nitrogens with zero attached hydrogens (tertiary/aromatic N) is 2. The molecule has 0 bridgehead atoms. The van der Waals surface area contributed by atoms with Gasteiger partial charge in [0.15, 0.2) is 0 Å². The van der Waals surface area contributed by atoms with Crippen LogP contribution in [0, 0.1) is 34.0 Å². The van der Waals surface area contributed by atoms with Gasteiger partial charge < -0.3 is 5.11 Å². The summed E-state index contributed by atoms with van der Waals surface area (Å²) < 4.78 is 0. The lowest BCUT2D eigenvalue weighted by Gasteiger charge is -2.18. The van der Waals surface area contributed by atoms with Gasteiger partial charge in [-0.05, 0) is 20.3 Å². The molecule has 1 N–H and O–H groups in total. The van der Waals surface area contributed by atoms with Gasteiger partial charge >= 0.3 is 0 Å². The third-order valence-corrected chi connectivity index (χ3v) is 1.60. The zero-order valence-corrected chi connectivity index (χ0v) is 6.83. The summed E-state index contributed by atoms with van der Waals surface area (Å²) in [5.74, 6) is -0.174. The van der Waals surface area contributed by atoms with E-state index in [1.54, 1.807) is 13.8 Å². The standard InChI is InChI=1S/C8H12N2O/c1-7(4-9)3-8(2,5-10)6-11/h7,11H,3,6H2,1-2H3. The lowest BCUT2D eigenvalue weighted by atomic mass is 9.84. The highest BCUT2D eigenvalue weighted by molar-refractivity contribution is 4.98. The van der Waals surface area contributed by atoms with Crippen LogP contribution in [0.15, 0.2) is 0 Å². The molecule has 11 heavy (non-hydrogen) atoms. The summed E-state index contributed by atoms with van der Waals surface area (Å²) in [5.41, 5.74) is -0.755. The van der Waals surface area contributed by atoms with Crippen LogP contribution in [0.4, 0.5) is 0 Å². The number of nitriles is 2. The Labute approximate surface area is 66.9 Å². The molecule has 0 aromatic rings. The molecule has 0 saturated heterocycles. The van der Waals surface area contributed by atoms with Crippen molar-refractivity contribution in [2.45, 2.75) is 20.3 Å². The molecule has 3 nitrogen and oxygen atoms in total. The number of hydrogen-bond acceptors (Lipinski definition) is 3. The first-order chi connectivity index (χ1) is 5.08. The quantitative estimate of drug-likeness (QED) is 0.657. The summed E-state index contributed by atoms with van der Waals surface area (Å²) in [6.07, 6.45) is 0.427. The van der Waals surface area contributed by atoms with Crippen molar-refractivity contribution in [1.29, 1.82) is 10.5 Å². The SMILES string of the molecule is CC(C#N)CC(C)(C#N)CO. The first kappa shape index (κ1) is 9.94. The Morgan fingerprint density at radius 1 is 1.55 bits per heavy atom. The minimum absolute atomic E-state index is 0.174. The Morgan fingerprint density at radius 3 is 2.36 bits per heavy atom. The zero-order chi connectivity index (χ0) is 8.91.